The van der Waals surface area contributed by atoms with E-state index < -0.39 is 23.2 Å². The molecule has 0 aromatic carbocycles. The van der Waals surface area contributed by atoms with Gasteiger partial charge >= 0.3 is 12.1 Å². The average molecular weight is 352 g/mol. The number of carbonyl (C=O) groups excluding carboxylic acids is 2. The van der Waals surface area contributed by atoms with Crippen LogP contribution in [0.3, 0.4) is 0 Å². The number of rotatable bonds is 4. The van der Waals surface area contributed by atoms with Gasteiger partial charge in [-0.3, -0.25) is 4.79 Å². The quantitative estimate of drug-likeness (QED) is 0.758. The molecule has 0 radical (unpaired) electrons. The van der Waals surface area contributed by atoms with E-state index in [1.807, 2.05) is 0 Å². The van der Waals surface area contributed by atoms with Crippen molar-refractivity contribution in [1.82, 2.24) is 10.2 Å². The van der Waals surface area contributed by atoms with E-state index in [1.165, 1.54) is 4.90 Å². The Labute approximate surface area is 148 Å². The Bertz CT molecular complexity index is 579. The predicted molar refractivity (Wildman–Crippen MR) is 92.1 cm³/mol. The van der Waals surface area contributed by atoms with Gasteiger partial charge in [0.15, 0.2) is 5.54 Å². The number of hydrogen-bond donors (Lipinski definition) is 2. The lowest BCUT2D eigenvalue weighted by atomic mass is 9.96. The second-order valence-corrected chi connectivity index (χ2v) is 7.86. The van der Waals surface area contributed by atoms with Crippen LogP contribution in [0.4, 0.5) is 4.79 Å². The molecule has 0 saturated carbocycles. The zero-order valence-corrected chi connectivity index (χ0v) is 15.3. The van der Waals surface area contributed by atoms with Gasteiger partial charge in [-0.25, -0.2) is 9.59 Å². The summed E-state index contributed by atoms with van der Waals surface area (Å²) in [5.41, 5.74) is -1.08. The molecule has 2 amide bonds. The highest BCUT2D eigenvalue weighted by atomic mass is 16.6. The van der Waals surface area contributed by atoms with E-state index in [4.69, 9.17) is 4.74 Å². The Morgan fingerprint density at radius 1 is 1.32 bits per heavy atom. The number of alkyl carbamates (subject to hydrolysis) is 1. The monoisotopic (exact) mass is 352 g/mol. The van der Waals surface area contributed by atoms with Crippen LogP contribution < -0.4 is 5.32 Å². The summed E-state index contributed by atoms with van der Waals surface area (Å²) in [7, 11) is 0. The number of nitrogens with zero attached hydrogens (tertiary/aromatic N) is 1. The first-order valence-electron chi connectivity index (χ1n) is 8.81. The minimum atomic E-state index is -1.49. The van der Waals surface area contributed by atoms with Crippen molar-refractivity contribution in [3.05, 3.63) is 11.6 Å². The summed E-state index contributed by atoms with van der Waals surface area (Å²) < 4.78 is 5.17. The molecule has 2 N–H and O–H groups in total. The molecule has 1 aliphatic carbocycles. The normalized spacial score (nSPS) is 23.8. The first kappa shape index (κ1) is 19.3. The van der Waals surface area contributed by atoms with Crippen molar-refractivity contribution in [2.45, 2.75) is 70.4 Å². The third-order valence-corrected chi connectivity index (χ3v) is 4.53. The first-order valence-corrected chi connectivity index (χ1v) is 8.81. The molecule has 140 valence electrons. The van der Waals surface area contributed by atoms with Gasteiger partial charge < -0.3 is 20.1 Å². The average Bonchev–Trinajstić information content (AvgIpc) is 2.92. The fourth-order valence-corrected chi connectivity index (χ4v) is 3.22. The second-order valence-electron chi connectivity index (χ2n) is 7.86. The van der Waals surface area contributed by atoms with Crippen LogP contribution in [-0.2, 0) is 14.3 Å². The lowest BCUT2D eigenvalue weighted by molar-refractivity contribution is -0.144. The zero-order valence-electron chi connectivity index (χ0n) is 15.3. The number of allylic oxidation sites excluding steroid dienone is 1. The summed E-state index contributed by atoms with van der Waals surface area (Å²) in [5, 5.41) is 12.1. The summed E-state index contributed by atoms with van der Waals surface area (Å²) >= 11 is 0. The van der Waals surface area contributed by atoms with Crippen LogP contribution in [0.25, 0.3) is 0 Å². The summed E-state index contributed by atoms with van der Waals surface area (Å²) in [6, 6.07) is 0. The van der Waals surface area contributed by atoms with Crippen LogP contribution in [0.2, 0.25) is 0 Å². The van der Waals surface area contributed by atoms with Gasteiger partial charge in [-0.1, -0.05) is 11.6 Å². The minimum absolute atomic E-state index is 0.0340. The second kappa shape index (κ2) is 7.45. The van der Waals surface area contributed by atoms with Crippen molar-refractivity contribution in [2.75, 3.05) is 13.1 Å². The highest BCUT2D eigenvalue weighted by molar-refractivity contribution is 5.87. The molecule has 0 aromatic rings. The van der Waals surface area contributed by atoms with Crippen LogP contribution in [0.1, 0.15) is 59.3 Å². The summed E-state index contributed by atoms with van der Waals surface area (Å²) in [5.74, 6) is -1.23. The van der Waals surface area contributed by atoms with Gasteiger partial charge in [0.05, 0.1) is 6.54 Å². The van der Waals surface area contributed by atoms with Crippen molar-refractivity contribution in [1.29, 1.82) is 0 Å². The van der Waals surface area contributed by atoms with E-state index in [2.05, 4.69) is 11.4 Å². The van der Waals surface area contributed by atoms with Gasteiger partial charge in [0, 0.05) is 19.4 Å². The van der Waals surface area contributed by atoms with E-state index in [9.17, 15) is 19.5 Å². The molecule has 2 rings (SSSR count). The van der Waals surface area contributed by atoms with E-state index in [0.29, 0.717) is 13.0 Å². The number of aliphatic carboxylic acids is 1. The van der Waals surface area contributed by atoms with Crippen LogP contribution in [0.15, 0.2) is 11.6 Å². The third-order valence-electron chi connectivity index (χ3n) is 4.53. The summed E-state index contributed by atoms with van der Waals surface area (Å²) in [6.07, 6.45) is 6.03. The molecule has 7 heteroatoms. The van der Waals surface area contributed by atoms with Crippen LogP contribution in [0, 0.1) is 0 Å². The van der Waals surface area contributed by atoms with Crippen molar-refractivity contribution in [2.24, 2.45) is 0 Å². The molecule has 0 aromatic heterocycles. The SMILES string of the molecule is CC(C)(C)OC(=O)NC1(C(=O)O)CCN(C(=O)CC2=CCCCC2)C1. The first-order chi connectivity index (χ1) is 11.6. The summed E-state index contributed by atoms with van der Waals surface area (Å²) in [4.78, 5) is 37.8. The highest BCUT2D eigenvalue weighted by Gasteiger charge is 2.48. The maximum Gasteiger partial charge on any atom is 0.408 e. The molecule has 1 atom stereocenters. The number of carbonyl (C=O) groups is 3. The molecule has 1 unspecified atom stereocenters. The van der Waals surface area contributed by atoms with Gasteiger partial charge in [0.2, 0.25) is 5.91 Å². The van der Waals surface area contributed by atoms with Gasteiger partial charge in [0.1, 0.15) is 5.60 Å². The Morgan fingerprint density at radius 3 is 2.60 bits per heavy atom. The molecule has 1 saturated heterocycles. The molecular weight excluding hydrogens is 324 g/mol. The number of carboxylic acid groups (broad SMARTS) is 1. The van der Waals surface area contributed by atoms with Crippen LogP contribution in [-0.4, -0.2) is 52.2 Å². The number of ether oxygens (including phenoxy) is 1. The Kier molecular flexibility index (Phi) is 5.75. The smallest absolute Gasteiger partial charge is 0.408 e. The molecular formula is C18H28N2O5. The molecule has 0 bridgehead atoms. The molecule has 1 aliphatic heterocycles. The lowest BCUT2D eigenvalue weighted by Gasteiger charge is -2.28. The number of amides is 2. The molecule has 0 spiro atoms. The standard InChI is InChI=1S/C18H28N2O5/c1-17(2,3)25-16(24)19-18(15(22)23)9-10-20(12-18)14(21)11-13-7-5-4-6-8-13/h7H,4-6,8-12H2,1-3H3,(H,19,24)(H,22,23). The Morgan fingerprint density at radius 2 is 2.04 bits per heavy atom. The fraction of sp³-hybridized carbons (Fsp3) is 0.722. The Hall–Kier alpha value is -2.05. The maximum atomic E-state index is 12.5. The van der Waals surface area contributed by atoms with Crippen LogP contribution in [0.5, 0.6) is 0 Å². The van der Waals surface area contributed by atoms with Crippen molar-refractivity contribution in [3.8, 4) is 0 Å². The molecule has 7 nitrogen and oxygen atoms in total. The van der Waals surface area contributed by atoms with Crippen LogP contribution >= 0.6 is 0 Å². The van der Waals surface area contributed by atoms with E-state index in [-0.39, 0.29) is 18.9 Å². The van der Waals surface area contributed by atoms with Crippen molar-refractivity contribution in [3.63, 3.8) is 0 Å². The predicted octanol–water partition coefficient (Wildman–Crippen LogP) is 2.46. The molecule has 1 fully saturated rings. The van der Waals surface area contributed by atoms with Gasteiger partial charge in [-0.05, 0) is 46.5 Å². The van der Waals surface area contributed by atoms with E-state index >= 15 is 0 Å². The van der Waals surface area contributed by atoms with Crippen molar-refractivity contribution < 1.29 is 24.2 Å². The van der Waals surface area contributed by atoms with E-state index in [0.717, 1.165) is 31.3 Å². The van der Waals surface area contributed by atoms with Gasteiger partial charge in [0.25, 0.3) is 0 Å². The highest BCUT2D eigenvalue weighted by Crippen LogP contribution is 2.26. The third kappa shape index (κ3) is 5.21. The summed E-state index contributed by atoms with van der Waals surface area (Å²) in [6.45, 7) is 5.41. The molecule has 2 aliphatic rings. The van der Waals surface area contributed by atoms with Gasteiger partial charge in [-0.2, -0.15) is 0 Å². The number of likely N-dealkylation sites (tertiary alicyclic amines) is 1. The van der Waals surface area contributed by atoms with Gasteiger partial charge in [-0.15, -0.1) is 0 Å². The number of hydrogen-bond acceptors (Lipinski definition) is 4. The fourth-order valence-electron chi connectivity index (χ4n) is 3.22. The van der Waals surface area contributed by atoms with Crippen molar-refractivity contribution >= 4 is 18.0 Å². The Balaban J connectivity index is 1.99. The number of carboxylic acids is 1. The topological polar surface area (TPSA) is 95.9 Å². The largest absolute Gasteiger partial charge is 0.479 e. The zero-order chi connectivity index (χ0) is 18.7. The minimum Gasteiger partial charge on any atom is -0.479 e. The maximum absolute atomic E-state index is 12.5. The van der Waals surface area contributed by atoms with E-state index in [1.54, 1.807) is 20.8 Å². The molecule has 25 heavy (non-hydrogen) atoms. The lowest BCUT2D eigenvalue weighted by Crippen LogP contribution is -2.57. The molecule has 1 heterocycles. The number of nitrogens with one attached hydrogen (secondary N) is 1.